The molecule has 1 aromatic heterocycles. The molecule has 29 heavy (non-hydrogen) atoms. The summed E-state index contributed by atoms with van der Waals surface area (Å²) in [4.78, 5) is 15.2. The minimum atomic E-state index is -0.0896. The van der Waals surface area contributed by atoms with Crippen LogP contribution in [0, 0.1) is 11.8 Å². The molecule has 3 aliphatic heterocycles. The number of para-hydroxylation sites is 1. The Kier molecular flexibility index (Phi) is 4.55. The summed E-state index contributed by atoms with van der Waals surface area (Å²) in [5, 5.41) is 11.3. The van der Waals surface area contributed by atoms with Crippen LogP contribution < -0.4 is 10.1 Å². The summed E-state index contributed by atoms with van der Waals surface area (Å²) in [5.74, 6) is 2.26. The van der Waals surface area contributed by atoms with Gasteiger partial charge in [-0.1, -0.05) is 12.1 Å². The van der Waals surface area contributed by atoms with Crippen molar-refractivity contribution in [3.8, 4) is 5.75 Å². The fourth-order valence-electron chi connectivity index (χ4n) is 5.47. The molecule has 4 heterocycles. The van der Waals surface area contributed by atoms with E-state index < -0.39 is 0 Å². The lowest BCUT2D eigenvalue weighted by atomic mass is 9.73. The minimum Gasteiger partial charge on any atom is -0.496 e. The second-order valence-electron chi connectivity index (χ2n) is 8.47. The highest BCUT2D eigenvalue weighted by Gasteiger charge is 2.62. The summed E-state index contributed by atoms with van der Waals surface area (Å²) in [7, 11) is 3.56. The van der Waals surface area contributed by atoms with Gasteiger partial charge in [-0.15, -0.1) is 10.2 Å². The van der Waals surface area contributed by atoms with Crippen LogP contribution in [-0.2, 0) is 18.3 Å². The van der Waals surface area contributed by atoms with E-state index >= 15 is 0 Å². The third-order valence-electron chi connectivity index (χ3n) is 6.87. The summed E-state index contributed by atoms with van der Waals surface area (Å²) in [6.07, 6.45) is 4.16. The van der Waals surface area contributed by atoms with Gasteiger partial charge in [0.05, 0.1) is 30.9 Å². The van der Waals surface area contributed by atoms with Gasteiger partial charge >= 0.3 is 0 Å². The lowest BCUT2D eigenvalue weighted by Gasteiger charge is -2.29. The third kappa shape index (κ3) is 3.11. The molecule has 1 spiro atoms. The summed E-state index contributed by atoms with van der Waals surface area (Å²) < 4.78 is 13.8. The first-order valence-electron chi connectivity index (χ1n) is 10.2. The molecule has 8 heteroatoms. The quantitative estimate of drug-likeness (QED) is 0.790. The van der Waals surface area contributed by atoms with Crippen molar-refractivity contribution in [3.63, 3.8) is 0 Å². The number of aromatic nitrogens is 3. The van der Waals surface area contributed by atoms with Crippen LogP contribution in [0.25, 0.3) is 0 Å². The van der Waals surface area contributed by atoms with E-state index in [9.17, 15) is 4.79 Å². The number of benzene rings is 1. The van der Waals surface area contributed by atoms with Gasteiger partial charge in [0.15, 0.2) is 0 Å². The number of fused-ring (bicyclic) bond motifs is 1. The monoisotopic (exact) mass is 397 g/mol. The molecule has 4 atom stereocenters. The maximum Gasteiger partial charge on any atom is 0.255 e. The Balaban J connectivity index is 1.26. The van der Waals surface area contributed by atoms with Crippen molar-refractivity contribution in [1.82, 2.24) is 25.0 Å². The first-order valence-corrected chi connectivity index (χ1v) is 10.2. The average molecular weight is 397 g/mol. The van der Waals surface area contributed by atoms with E-state index in [1.54, 1.807) is 19.5 Å². The third-order valence-corrected chi connectivity index (χ3v) is 6.87. The minimum absolute atomic E-state index is 0.0664. The Labute approximate surface area is 170 Å². The van der Waals surface area contributed by atoms with Crippen LogP contribution in [0.3, 0.4) is 0 Å². The van der Waals surface area contributed by atoms with E-state index in [0.717, 1.165) is 38.3 Å². The van der Waals surface area contributed by atoms with Crippen molar-refractivity contribution < 1.29 is 14.3 Å². The summed E-state index contributed by atoms with van der Waals surface area (Å²) in [6, 6.07) is 7.33. The van der Waals surface area contributed by atoms with Gasteiger partial charge in [-0.05, 0) is 25.0 Å². The van der Waals surface area contributed by atoms with E-state index in [2.05, 4.69) is 20.4 Å². The normalized spacial score (nSPS) is 30.5. The lowest BCUT2D eigenvalue weighted by molar-refractivity contribution is 0.00187. The number of hydrogen-bond acceptors (Lipinski definition) is 6. The highest BCUT2D eigenvalue weighted by atomic mass is 16.5. The van der Waals surface area contributed by atoms with Gasteiger partial charge in [0.25, 0.3) is 5.91 Å². The largest absolute Gasteiger partial charge is 0.496 e. The van der Waals surface area contributed by atoms with Crippen LogP contribution in [0.5, 0.6) is 5.75 Å². The Morgan fingerprint density at radius 2 is 2.28 bits per heavy atom. The van der Waals surface area contributed by atoms with Crippen molar-refractivity contribution in [2.75, 3.05) is 26.7 Å². The van der Waals surface area contributed by atoms with Gasteiger partial charge in [0.1, 0.15) is 17.9 Å². The number of rotatable bonds is 6. The molecule has 2 aromatic rings. The van der Waals surface area contributed by atoms with E-state index in [0.29, 0.717) is 29.7 Å². The van der Waals surface area contributed by atoms with Gasteiger partial charge in [-0.25, -0.2) is 0 Å². The zero-order valence-electron chi connectivity index (χ0n) is 16.9. The Morgan fingerprint density at radius 1 is 1.41 bits per heavy atom. The number of hydrogen-bond donors (Lipinski definition) is 1. The summed E-state index contributed by atoms with van der Waals surface area (Å²) >= 11 is 0. The van der Waals surface area contributed by atoms with Crippen LogP contribution in [-0.4, -0.2) is 64.0 Å². The van der Waals surface area contributed by atoms with Crippen molar-refractivity contribution >= 4 is 5.91 Å². The molecule has 0 radical (unpaired) electrons. The number of nitrogens with zero attached hydrogens (tertiary/aromatic N) is 4. The number of methoxy groups -OCH3 is 1. The second-order valence-corrected chi connectivity index (χ2v) is 8.47. The predicted molar refractivity (Wildman–Crippen MR) is 105 cm³/mol. The highest BCUT2D eigenvalue weighted by molar-refractivity contribution is 5.96. The molecule has 154 valence electrons. The number of carbonyl (C=O) groups excluding carboxylic acids is 1. The smallest absolute Gasteiger partial charge is 0.255 e. The Morgan fingerprint density at radius 3 is 3.07 bits per heavy atom. The molecule has 3 aliphatic rings. The van der Waals surface area contributed by atoms with Gasteiger partial charge < -0.3 is 19.4 Å². The van der Waals surface area contributed by atoms with Crippen molar-refractivity contribution in [1.29, 1.82) is 0 Å². The SMILES string of the molecule is COc1ccccc1C(=O)NC[C@H]1[C@H]2CN(Cc3nncn3C)C[C@]23CC[C@H]1O3. The first-order chi connectivity index (χ1) is 14.1. The predicted octanol–water partition coefficient (Wildman–Crippen LogP) is 1.23. The molecular formula is C21H27N5O3. The van der Waals surface area contributed by atoms with Crippen LogP contribution in [0.2, 0.25) is 0 Å². The molecule has 5 rings (SSSR count). The van der Waals surface area contributed by atoms with Crippen molar-refractivity contribution in [2.24, 2.45) is 18.9 Å². The number of likely N-dealkylation sites (tertiary alicyclic amines) is 1. The van der Waals surface area contributed by atoms with Gasteiger partial charge in [-0.2, -0.15) is 0 Å². The molecular weight excluding hydrogens is 370 g/mol. The summed E-state index contributed by atoms with van der Waals surface area (Å²) in [6.45, 7) is 3.31. The average Bonchev–Trinajstić information content (AvgIpc) is 3.47. The number of nitrogens with one attached hydrogen (secondary N) is 1. The van der Waals surface area contributed by atoms with Crippen molar-refractivity contribution in [3.05, 3.63) is 42.0 Å². The van der Waals surface area contributed by atoms with E-state index in [1.807, 2.05) is 29.8 Å². The van der Waals surface area contributed by atoms with Crippen molar-refractivity contribution in [2.45, 2.75) is 31.1 Å². The maximum absolute atomic E-state index is 12.7. The fourth-order valence-corrected chi connectivity index (χ4v) is 5.47. The molecule has 2 bridgehead atoms. The number of amides is 1. The molecule has 0 aliphatic carbocycles. The molecule has 1 amide bonds. The van der Waals surface area contributed by atoms with Gasteiger partial charge in [0, 0.05) is 38.5 Å². The molecule has 0 unspecified atom stereocenters. The Hall–Kier alpha value is -2.45. The highest BCUT2D eigenvalue weighted by Crippen LogP contribution is 2.54. The molecule has 8 nitrogen and oxygen atoms in total. The standard InChI is InChI=1S/C21H27N5O3/c1-25-13-23-24-19(25)11-26-10-16-15(18-7-8-21(16,12-26)29-18)9-22-20(27)14-5-3-4-6-17(14)28-2/h3-6,13,15-16,18H,7-12H2,1-2H3,(H,22,27)/t15-,16+,18+,21+/m0/s1. The zero-order chi connectivity index (χ0) is 20.0. The van der Waals surface area contributed by atoms with Crippen LogP contribution in [0.4, 0.5) is 0 Å². The topological polar surface area (TPSA) is 81.5 Å². The lowest BCUT2D eigenvalue weighted by Crippen LogP contribution is -2.42. The van der Waals surface area contributed by atoms with Crippen LogP contribution in [0.15, 0.2) is 30.6 Å². The molecule has 3 saturated heterocycles. The molecule has 1 N–H and O–H groups in total. The number of ether oxygens (including phenoxy) is 2. The molecule has 1 aromatic carbocycles. The Bertz CT molecular complexity index is 915. The fraction of sp³-hybridized carbons (Fsp3) is 0.571. The number of carbonyl (C=O) groups is 1. The van der Waals surface area contributed by atoms with E-state index in [-0.39, 0.29) is 17.6 Å². The number of aryl methyl sites for hydroxylation is 1. The van der Waals surface area contributed by atoms with Crippen LogP contribution >= 0.6 is 0 Å². The molecule has 0 saturated carbocycles. The molecule has 3 fully saturated rings. The summed E-state index contributed by atoms with van der Waals surface area (Å²) in [5.41, 5.74) is 0.507. The first kappa shape index (κ1) is 18.6. The maximum atomic E-state index is 12.7. The zero-order valence-corrected chi connectivity index (χ0v) is 16.9. The second kappa shape index (κ2) is 7.11. The van der Waals surface area contributed by atoms with E-state index in [4.69, 9.17) is 9.47 Å². The van der Waals surface area contributed by atoms with Gasteiger partial charge in [-0.3, -0.25) is 9.69 Å². The van der Waals surface area contributed by atoms with E-state index in [1.165, 1.54) is 0 Å². The van der Waals surface area contributed by atoms with Gasteiger partial charge in [0.2, 0.25) is 0 Å². The van der Waals surface area contributed by atoms with Crippen LogP contribution in [0.1, 0.15) is 29.0 Å².